The minimum Gasteiger partial charge on any atom is -0.264 e. The summed E-state index contributed by atoms with van der Waals surface area (Å²) in [5, 5.41) is 8.95. The molecule has 1 saturated carbocycles. The van der Waals surface area contributed by atoms with Crippen LogP contribution in [0.2, 0.25) is 0 Å². The summed E-state index contributed by atoms with van der Waals surface area (Å²) in [4.78, 5) is 4.61. The largest absolute Gasteiger partial charge is 0.264 e. The predicted molar refractivity (Wildman–Crippen MR) is 126 cm³/mol. The first kappa shape index (κ1) is 22.9. The van der Waals surface area contributed by atoms with E-state index in [0.29, 0.717) is 5.56 Å². The summed E-state index contributed by atoms with van der Waals surface area (Å²) in [6.07, 6.45) is 18.5. The molecule has 0 atom stereocenters. The number of nitrogens with zero attached hydrogens (tertiary/aromatic N) is 3. The van der Waals surface area contributed by atoms with Crippen LogP contribution in [-0.4, -0.2) is 16.8 Å². The highest BCUT2D eigenvalue weighted by molar-refractivity contribution is 6.25. The van der Waals surface area contributed by atoms with Crippen molar-refractivity contribution in [3.05, 3.63) is 47.2 Å². The van der Waals surface area contributed by atoms with E-state index in [0.717, 1.165) is 36.2 Å². The van der Waals surface area contributed by atoms with Crippen molar-refractivity contribution in [2.45, 2.75) is 84.0 Å². The van der Waals surface area contributed by atoms with Gasteiger partial charge < -0.3 is 0 Å². The third-order valence-corrected chi connectivity index (χ3v) is 7.05. The van der Waals surface area contributed by atoms with Gasteiger partial charge in [-0.1, -0.05) is 71.1 Å². The van der Waals surface area contributed by atoms with E-state index in [2.05, 4.69) is 18.0 Å². The van der Waals surface area contributed by atoms with Crippen LogP contribution < -0.4 is 0 Å². The molecule has 0 unspecified atom stereocenters. The molecule has 1 fully saturated rings. The summed E-state index contributed by atoms with van der Waals surface area (Å²) in [5.41, 5.74) is 2.92. The smallest absolute Gasteiger partial charge is 0.150 e. The van der Waals surface area contributed by atoms with Crippen LogP contribution >= 0.6 is 11.8 Å². The molecule has 1 heterocycles. The Morgan fingerprint density at radius 2 is 1.67 bits per heavy atom. The fourth-order valence-electron chi connectivity index (χ4n) is 4.80. The number of benzene rings is 1. The molecule has 1 aromatic carbocycles. The quantitative estimate of drug-likeness (QED) is 0.286. The summed E-state index contributed by atoms with van der Waals surface area (Å²) in [6, 6.07) is 9.58. The van der Waals surface area contributed by atoms with Crippen LogP contribution in [-0.2, 0) is 0 Å². The first-order valence-corrected chi connectivity index (χ1v) is 12.2. The highest BCUT2D eigenvalue weighted by Crippen LogP contribution is 2.35. The molecule has 3 rings (SSSR count). The zero-order chi connectivity index (χ0) is 21.2. The van der Waals surface area contributed by atoms with Crippen molar-refractivity contribution in [2.24, 2.45) is 16.8 Å². The number of nitriles is 1. The van der Waals surface area contributed by atoms with E-state index in [-0.39, 0.29) is 0 Å². The molecule has 30 heavy (non-hydrogen) atoms. The lowest BCUT2D eigenvalue weighted by atomic mass is 9.77. The SMILES string of the molecule is CCCCCCC[C@H]1CC[C@H](CCC2=CN=C(c3ccc(C#N)cc3)N(Cl)C2)CC1. The minimum absolute atomic E-state index is 0.652. The van der Waals surface area contributed by atoms with Crippen molar-refractivity contribution in [3.63, 3.8) is 0 Å². The maximum atomic E-state index is 8.95. The highest BCUT2D eigenvalue weighted by Gasteiger charge is 2.22. The zero-order valence-corrected chi connectivity index (χ0v) is 19.2. The molecular formula is C26H36ClN3. The van der Waals surface area contributed by atoms with Gasteiger partial charge in [-0.2, -0.15) is 5.26 Å². The molecule has 0 saturated heterocycles. The average Bonchev–Trinajstić information content (AvgIpc) is 2.78. The molecule has 3 nitrogen and oxygen atoms in total. The number of hydrogen-bond donors (Lipinski definition) is 0. The van der Waals surface area contributed by atoms with Crippen molar-refractivity contribution < 1.29 is 0 Å². The van der Waals surface area contributed by atoms with Crippen LogP contribution in [0.25, 0.3) is 0 Å². The summed E-state index contributed by atoms with van der Waals surface area (Å²) in [7, 11) is 0. The molecule has 0 amide bonds. The van der Waals surface area contributed by atoms with Gasteiger partial charge in [0, 0.05) is 23.5 Å². The second kappa shape index (κ2) is 12.2. The third kappa shape index (κ3) is 6.88. The molecule has 4 heteroatoms. The van der Waals surface area contributed by atoms with Crippen molar-refractivity contribution in [1.82, 2.24) is 4.42 Å². The Morgan fingerprint density at radius 1 is 1.00 bits per heavy atom. The van der Waals surface area contributed by atoms with E-state index in [9.17, 15) is 0 Å². The van der Waals surface area contributed by atoms with E-state index in [1.807, 2.05) is 30.5 Å². The molecule has 1 aliphatic carbocycles. The van der Waals surface area contributed by atoms with Crippen LogP contribution in [0.3, 0.4) is 0 Å². The molecule has 2 aliphatic rings. The number of unbranched alkanes of at least 4 members (excludes halogenated alkanes) is 4. The second-order valence-electron chi connectivity index (χ2n) is 9.08. The van der Waals surface area contributed by atoms with Crippen molar-refractivity contribution >= 4 is 17.6 Å². The average molecular weight is 426 g/mol. The third-order valence-electron chi connectivity index (χ3n) is 6.77. The first-order valence-electron chi connectivity index (χ1n) is 11.9. The Morgan fingerprint density at radius 3 is 2.30 bits per heavy atom. The van der Waals surface area contributed by atoms with Gasteiger partial charge in [0.05, 0.1) is 18.2 Å². The maximum Gasteiger partial charge on any atom is 0.150 e. The zero-order valence-electron chi connectivity index (χ0n) is 18.5. The molecule has 0 aromatic heterocycles. The summed E-state index contributed by atoms with van der Waals surface area (Å²) in [6.45, 7) is 3.02. The Bertz CT molecular complexity index is 751. The van der Waals surface area contributed by atoms with E-state index >= 15 is 0 Å². The number of halogens is 1. The topological polar surface area (TPSA) is 39.4 Å². The van der Waals surface area contributed by atoms with Gasteiger partial charge in [0.2, 0.25) is 0 Å². The van der Waals surface area contributed by atoms with Gasteiger partial charge in [0.1, 0.15) is 0 Å². The Labute approximate surface area is 187 Å². The molecular weight excluding hydrogens is 390 g/mol. The van der Waals surface area contributed by atoms with Crippen molar-refractivity contribution in [2.75, 3.05) is 6.54 Å². The number of aliphatic imine (C=N–C) groups is 1. The summed E-state index contributed by atoms with van der Waals surface area (Å²) >= 11 is 6.50. The second-order valence-corrected chi connectivity index (χ2v) is 9.49. The fourth-order valence-corrected chi connectivity index (χ4v) is 5.09. The van der Waals surface area contributed by atoms with Crippen LogP contribution in [0.1, 0.15) is 95.1 Å². The fraction of sp³-hybridized carbons (Fsp3) is 0.615. The van der Waals surface area contributed by atoms with Crippen LogP contribution in [0.5, 0.6) is 0 Å². The Hall–Kier alpha value is -1.79. The van der Waals surface area contributed by atoms with Crippen molar-refractivity contribution in [3.8, 4) is 6.07 Å². The molecule has 1 aromatic rings. The van der Waals surface area contributed by atoms with Gasteiger partial charge in [-0.15, -0.1) is 0 Å². The van der Waals surface area contributed by atoms with Crippen LogP contribution in [0, 0.1) is 23.2 Å². The summed E-state index contributed by atoms with van der Waals surface area (Å²) < 4.78 is 1.71. The van der Waals surface area contributed by atoms with E-state index in [4.69, 9.17) is 17.0 Å². The maximum absolute atomic E-state index is 8.95. The lowest BCUT2D eigenvalue weighted by Crippen LogP contribution is -2.27. The van der Waals surface area contributed by atoms with Gasteiger partial charge in [-0.25, -0.2) is 4.99 Å². The Kier molecular flexibility index (Phi) is 9.27. The van der Waals surface area contributed by atoms with E-state index in [1.165, 1.54) is 76.2 Å². The molecule has 0 bridgehead atoms. The van der Waals surface area contributed by atoms with Crippen LogP contribution in [0.15, 0.2) is 41.0 Å². The normalized spacial score (nSPS) is 21.7. The van der Waals surface area contributed by atoms with Crippen LogP contribution in [0.4, 0.5) is 0 Å². The predicted octanol–water partition coefficient (Wildman–Crippen LogP) is 7.61. The van der Waals surface area contributed by atoms with Gasteiger partial charge in [-0.05, 0) is 54.5 Å². The Balaban J connectivity index is 1.40. The van der Waals surface area contributed by atoms with E-state index < -0.39 is 0 Å². The number of rotatable bonds is 10. The summed E-state index contributed by atoms with van der Waals surface area (Å²) in [5.74, 6) is 2.62. The monoisotopic (exact) mass is 425 g/mol. The van der Waals surface area contributed by atoms with Gasteiger partial charge >= 0.3 is 0 Å². The molecule has 0 N–H and O–H groups in total. The molecule has 162 valence electrons. The number of hydrogen-bond acceptors (Lipinski definition) is 3. The standard InChI is InChI=1S/C26H36ClN3/c1-2-3-4-5-6-7-21-8-10-22(11-9-21)12-13-24-19-29-26(30(27)20-24)25-16-14-23(18-28)15-17-25/h14-17,19,21-22H,2-13,20H2,1H3/t21-,22-. The lowest BCUT2D eigenvalue weighted by Gasteiger charge is -2.29. The van der Waals surface area contributed by atoms with Gasteiger partial charge in [0.15, 0.2) is 5.84 Å². The first-order chi connectivity index (χ1) is 14.7. The minimum atomic E-state index is 0.652. The molecule has 0 spiro atoms. The molecule has 1 aliphatic heterocycles. The molecule has 0 radical (unpaired) electrons. The highest BCUT2D eigenvalue weighted by atomic mass is 35.5. The number of amidine groups is 1. The van der Waals surface area contributed by atoms with Crippen molar-refractivity contribution in [1.29, 1.82) is 5.26 Å². The van der Waals surface area contributed by atoms with E-state index in [1.54, 1.807) is 4.42 Å². The van der Waals surface area contributed by atoms with Gasteiger partial charge in [-0.3, -0.25) is 4.42 Å². The van der Waals surface area contributed by atoms with Gasteiger partial charge in [0.25, 0.3) is 0 Å². The lowest BCUT2D eigenvalue weighted by molar-refractivity contribution is 0.248.